The van der Waals surface area contributed by atoms with Gasteiger partial charge < -0.3 is 5.73 Å². The minimum atomic E-state index is -0.0857. The molecule has 0 aromatic carbocycles. The number of nitrogens with zero attached hydrogens (tertiary/aromatic N) is 2. The lowest BCUT2D eigenvalue weighted by Gasteiger charge is -2.10. The Morgan fingerprint density at radius 1 is 1.23 bits per heavy atom. The van der Waals surface area contributed by atoms with Crippen LogP contribution in [0.2, 0.25) is 0 Å². The summed E-state index contributed by atoms with van der Waals surface area (Å²) in [6.07, 6.45) is 0. The largest absolute Gasteiger partial charge is 0.322 e. The van der Waals surface area contributed by atoms with Gasteiger partial charge in [-0.05, 0) is 25.8 Å². The van der Waals surface area contributed by atoms with Crippen molar-refractivity contribution in [1.29, 1.82) is 0 Å². The third kappa shape index (κ3) is 2.49. The standard InChI is InChI=1S/C10H17N3/c1-6(2)9-5-7(3)12-10(13-9)8(4)11/h5-6,8H,11H2,1-4H3. The van der Waals surface area contributed by atoms with Gasteiger partial charge in [-0.2, -0.15) is 0 Å². The van der Waals surface area contributed by atoms with Gasteiger partial charge >= 0.3 is 0 Å². The smallest absolute Gasteiger partial charge is 0.145 e. The van der Waals surface area contributed by atoms with E-state index in [1.54, 1.807) is 0 Å². The molecule has 3 heteroatoms. The summed E-state index contributed by atoms with van der Waals surface area (Å²) >= 11 is 0. The molecule has 0 saturated carbocycles. The fourth-order valence-corrected chi connectivity index (χ4v) is 1.12. The van der Waals surface area contributed by atoms with Crippen LogP contribution in [0.5, 0.6) is 0 Å². The Hall–Kier alpha value is -0.960. The molecule has 1 rings (SSSR count). The monoisotopic (exact) mass is 179 g/mol. The van der Waals surface area contributed by atoms with E-state index in [9.17, 15) is 0 Å². The van der Waals surface area contributed by atoms with Crippen molar-refractivity contribution in [3.05, 3.63) is 23.3 Å². The Morgan fingerprint density at radius 3 is 2.31 bits per heavy atom. The summed E-state index contributed by atoms with van der Waals surface area (Å²) < 4.78 is 0. The number of rotatable bonds is 2. The first kappa shape index (κ1) is 10.1. The van der Waals surface area contributed by atoms with E-state index in [0.29, 0.717) is 5.92 Å². The van der Waals surface area contributed by atoms with Crippen molar-refractivity contribution < 1.29 is 0 Å². The Labute approximate surface area is 79.4 Å². The second kappa shape index (κ2) is 3.83. The molecule has 2 N–H and O–H groups in total. The Kier molecular flexibility index (Phi) is 2.98. The van der Waals surface area contributed by atoms with Gasteiger partial charge in [0.2, 0.25) is 0 Å². The first-order valence-corrected chi connectivity index (χ1v) is 4.61. The molecule has 13 heavy (non-hydrogen) atoms. The fraction of sp³-hybridized carbons (Fsp3) is 0.600. The van der Waals surface area contributed by atoms with Crippen LogP contribution in [0.15, 0.2) is 6.07 Å². The van der Waals surface area contributed by atoms with Crippen molar-refractivity contribution in [2.45, 2.75) is 39.7 Å². The summed E-state index contributed by atoms with van der Waals surface area (Å²) in [4.78, 5) is 8.68. The summed E-state index contributed by atoms with van der Waals surface area (Å²) in [6, 6.07) is 1.92. The quantitative estimate of drug-likeness (QED) is 0.754. The average molecular weight is 179 g/mol. The molecule has 0 fully saturated rings. The molecule has 0 amide bonds. The van der Waals surface area contributed by atoms with Crippen LogP contribution >= 0.6 is 0 Å². The molecule has 1 unspecified atom stereocenters. The van der Waals surface area contributed by atoms with Crippen LogP contribution < -0.4 is 5.73 Å². The van der Waals surface area contributed by atoms with Gasteiger partial charge in [0.05, 0.1) is 6.04 Å². The molecular weight excluding hydrogens is 162 g/mol. The van der Waals surface area contributed by atoms with Crippen molar-refractivity contribution in [2.24, 2.45) is 5.73 Å². The lowest BCUT2D eigenvalue weighted by molar-refractivity contribution is 0.701. The zero-order chi connectivity index (χ0) is 10.0. The molecule has 1 aromatic rings. The summed E-state index contributed by atoms with van der Waals surface area (Å²) in [5, 5.41) is 0. The van der Waals surface area contributed by atoms with Crippen LogP contribution in [0.1, 0.15) is 49.9 Å². The maximum Gasteiger partial charge on any atom is 0.145 e. The van der Waals surface area contributed by atoms with Crippen LogP contribution in [0.4, 0.5) is 0 Å². The summed E-state index contributed by atoms with van der Waals surface area (Å²) in [5.74, 6) is 1.17. The maximum absolute atomic E-state index is 5.73. The highest BCUT2D eigenvalue weighted by Crippen LogP contribution is 2.14. The van der Waals surface area contributed by atoms with Gasteiger partial charge in [0.1, 0.15) is 5.82 Å². The number of hydrogen-bond donors (Lipinski definition) is 1. The summed E-state index contributed by atoms with van der Waals surface area (Å²) in [7, 11) is 0. The van der Waals surface area contributed by atoms with Crippen molar-refractivity contribution in [2.75, 3.05) is 0 Å². The van der Waals surface area contributed by atoms with Crippen LogP contribution in [-0.2, 0) is 0 Å². The van der Waals surface area contributed by atoms with Crippen LogP contribution in [-0.4, -0.2) is 9.97 Å². The van der Waals surface area contributed by atoms with E-state index in [0.717, 1.165) is 17.2 Å². The third-order valence-corrected chi connectivity index (χ3v) is 1.89. The van der Waals surface area contributed by atoms with E-state index in [2.05, 4.69) is 23.8 Å². The molecule has 0 aliphatic carbocycles. The van der Waals surface area contributed by atoms with Crippen molar-refractivity contribution >= 4 is 0 Å². The molecule has 72 valence electrons. The molecule has 0 aliphatic rings. The molecule has 0 bridgehead atoms. The summed E-state index contributed by atoms with van der Waals surface area (Å²) in [5.41, 5.74) is 7.79. The van der Waals surface area contributed by atoms with Gasteiger partial charge in [-0.15, -0.1) is 0 Å². The zero-order valence-electron chi connectivity index (χ0n) is 8.70. The first-order chi connectivity index (χ1) is 6.00. The van der Waals surface area contributed by atoms with Gasteiger partial charge in [0.15, 0.2) is 0 Å². The molecule has 1 aromatic heterocycles. The van der Waals surface area contributed by atoms with Crippen LogP contribution in [0, 0.1) is 6.92 Å². The molecule has 1 atom stereocenters. The van der Waals surface area contributed by atoms with E-state index in [1.165, 1.54) is 0 Å². The fourth-order valence-electron chi connectivity index (χ4n) is 1.12. The van der Waals surface area contributed by atoms with E-state index in [1.807, 2.05) is 19.9 Å². The van der Waals surface area contributed by atoms with Gasteiger partial charge in [0, 0.05) is 11.4 Å². The summed E-state index contributed by atoms with van der Waals surface area (Å²) in [6.45, 7) is 8.11. The number of nitrogens with two attached hydrogens (primary N) is 1. The van der Waals surface area contributed by atoms with Crippen molar-refractivity contribution in [1.82, 2.24) is 9.97 Å². The second-order valence-corrected chi connectivity index (χ2v) is 3.74. The third-order valence-electron chi connectivity index (χ3n) is 1.89. The lowest BCUT2D eigenvalue weighted by Crippen LogP contribution is -2.12. The zero-order valence-corrected chi connectivity index (χ0v) is 8.70. The topological polar surface area (TPSA) is 51.8 Å². The van der Waals surface area contributed by atoms with Gasteiger partial charge in [0.25, 0.3) is 0 Å². The predicted molar refractivity (Wildman–Crippen MR) is 53.5 cm³/mol. The normalized spacial score (nSPS) is 13.4. The highest BCUT2D eigenvalue weighted by molar-refractivity contribution is 5.14. The van der Waals surface area contributed by atoms with Gasteiger partial charge in [-0.3, -0.25) is 0 Å². The maximum atomic E-state index is 5.73. The Bertz CT molecular complexity index is 266. The minimum absolute atomic E-state index is 0.0857. The molecule has 0 saturated heterocycles. The van der Waals surface area contributed by atoms with Crippen LogP contribution in [0.25, 0.3) is 0 Å². The SMILES string of the molecule is Cc1cc(C(C)C)nc(C(C)N)n1. The highest BCUT2D eigenvalue weighted by atomic mass is 14.9. The highest BCUT2D eigenvalue weighted by Gasteiger charge is 2.08. The van der Waals surface area contributed by atoms with E-state index in [4.69, 9.17) is 5.73 Å². The molecule has 0 aliphatic heterocycles. The lowest BCUT2D eigenvalue weighted by atomic mass is 10.1. The van der Waals surface area contributed by atoms with Gasteiger partial charge in [-0.25, -0.2) is 9.97 Å². The number of aryl methyl sites for hydroxylation is 1. The van der Waals surface area contributed by atoms with E-state index in [-0.39, 0.29) is 6.04 Å². The molecule has 0 radical (unpaired) electrons. The Balaban J connectivity index is 3.11. The molecule has 0 spiro atoms. The average Bonchev–Trinajstić information content (AvgIpc) is 2.03. The number of hydrogen-bond acceptors (Lipinski definition) is 3. The van der Waals surface area contributed by atoms with E-state index < -0.39 is 0 Å². The van der Waals surface area contributed by atoms with Crippen molar-refractivity contribution in [3.63, 3.8) is 0 Å². The molecule has 1 heterocycles. The Morgan fingerprint density at radius 2 is 1.85 bits per heavy atom. The van der Waals surface area contributed by atoms with Crippen molar-refractivity contribution in [3.8, 4) is 0 Å². The second-order valence-electron chi connectivity index (χ2n) is 3.74. The first-order valence-electron chi connectivity index (χ1n) is 4.61. The number of aromatic nitrogens is 2. The van der Waals surface area contributed by atoms with E-state index >= 15 is 0 Å². The minimum Gasteiger partial charge on any atom is -0.322 e. The van der Waals surface area contributed by atoms with Crippen LogP contribution in [0.3, 0.4) is 0 Å². The molecular formula is C10H17N3. The molecule has 3 nitrogen and oxygen atoms in total. The van der Waals surface area contributed by atoms with Gasteiger partial charge in [-0.1, -0.05) is 13.8 Å². The predicted octanol–water partition coefficient (Wildman–Crippen LogP) is 1.93.